The highest BCUT2D eigenvalue weighted by Gasteiger charge is 2.28. The molecule has 3 N–H and O–H groups in total. The SMILES string of the molecule is CCC(C(=O)N1CCS(=O)CC1)C(N)=NO. The third-order valence-electron chi connectivity index (χ3n) is 2.67. The first kappa shape index (κ1) is 13.0. The van der Waals surface area contributed by atoms with Crippen LogP contribution in [0.15, 0.2) is 5.16 Å². The monoisotopic (exact) mass is 247 g/mol. The van der Waals surface area contributed by atoms with E-state index in [9.17, 15) is 9.00 Å². The van der Waals surface area contributed by atoms with E-state index in [0.29, 0.717) is 31.0 Å². The fourth-order valence-corrected chi connectivity index (χ4v) is 2.71. The van der Waals surface area contributed by atoms with Crippen molar-refractivity contribution in [2.45, 2.75) is 13.3 Å². The number of nitrogens with zero attached hydrogens (tertiary/aromatic N) is 2. The van der Waals surface area contributed by atoms with Crippen molar-refractivity contribution < 1.29 is 14.2 Å². The Hall–Kier alpha value is -1.11. The normalized spacial score (nSPS) is 20.8. The van der Waals surface area contributed by atoms with Crippen LogP contribution in [0.4, 0.5) is 0 Å². The molecule has 1 rings (SSSR count). The maximum absolute atomic E-state index is 12.0. The maximum Gasteiger partial charge on any atom is 0.233 e. The van der Waals surface area contributed by atoms with Crippen molar-refractivity contribution in [1.29, 1.82) is 0 Å². The first-order chi connectivity index (χ1) is 7.60. The topological polar surface area (TPSA) is 96.0 Å². The Morgan fingerprint density at radius 2 is 2.12 bits per heavy atom. The van der Waals surface area contributed by atoms with Crippen molar-refractivity contribution in [2.75, 3.05) is 24.6 Å². The van der Waals surface area contributed by atoms with E-state index in [1.807, 2.05) is 6.92 Å². The average molecular weight is 247 g/mol. The zero-order valence-corrected chi connectivity index (χ0v) is 10.1. The number of oxime groups is 1. The molecular formula is C9H17N3O3S. The number of rotatable bonds is 3. The summed E-state index contributed by atoms with van der Waals surface area (Å²) in [6.07, 6.45) is 0.494. The molecular weight excluding hydrogens is 230 g/mol. The summed E-state index contributed by atoms with van der Waals surface area (Å²) in [7, 11) is -0.810. The highest BCUT2D eigenvalue weighted by atomic mass is 32.2. The van der Waals surface area contributed by atoms with Gasteiger partial charge in [0.2, 0.25) is 5.91 Å². The van der Waals surface area contributed by atoms with Crippen LogP contribution in [0.25, 0.3) is 0 Å². The van der Waals surface area contributed by atoms with Crippen LogP contribution in [0, 0.1) is 5.92 Å². The van der Waals surface area contributed by atoms with Gasteiger partial charge in [-0.15, -0.1) is 0 Å². The molecule has 0 aromatic rings. The molecule has 1 aliphatic heterocycles. The summed E-state index contributed by atoms with van der Waals surface area (Å²) in [5.41, 5.74) is 5.46. The number of carbonyl (C=O) groups is 1. The average Bonchev–Trinajstić information content (AvgIpc) is 2.30. The minimum absolute atomic E-state index is 0.0563. The van der Waals surface area contributed by atoms with Gasteiger partial charge >= 0.3 is 0 Å². The predicted octanol–water partition coefficient (Wildman–Crippen LogP) is -0.650. The van der Waals surface area contributed by atoms with E-state index in [1.165, 1.54) is 0 Å². The highest BCUT2D eigenvalue weighted by molar-refractivity contribution is 7.85. The van der Waals surface area contributed by atoms with Crippen LogP contribution in [0.3, 0.4) is 0 Å². The lowest BCUT2D eigenvalue weighted by molar-refractivity contribution is -0.133. The Morgan fingerprint density at radius 3 is 2.56 bits per heavy atom. The van der Waals surface area contributed by atoms with Crippen LogP contribution in [0.5, 0.6) is 0 Å². The quantitative estimate of drug-likeness (QED) is 0.300. The first-order valence-electron chi connectivity index (χ1n) is 5.21. The van der Waals surface area contributed by atoms with E-state index >= 15 is 0 Å². The van der Waals surface area contributed by atoms with Crippen LogP contribution >= 0.6 is 0 Å². The Balaban J connectivity index is 2.65. The van der Waals surface area contributed by atoms with Crippen LogP contribution in [-0.4, -0.2) is 50.7 Å². The predicted molar refractivity (Wildman–Crippen MR) is 61.6 cm³/mol. The minimum atomic E-state index is -0.810. The lowest BCUT2D eigenvalue weighted by atomic mass is 10.0. The molecule has 0 bridgehead atoms. The number of amides is 1. The molecule has 92 valence electrons. The second kappa shape index (κ2) is 5.83. The van der Waals surface area contributed by atoms with Crippen molar-refractivity contribution in [3.05, 3.63) is 0 Å². The minimum Gasteiger partial charge on any atom is -0.409 e. The van der Waals surface area contributed by atoms with E-state index in [-0.39, 0.29) is 11.7 Å². The molecule has 1 fully saturated rings. The number of hydrogen-bond acceptors (Lipinski definition) is 4. The van der Waals surface area contributed by atoms with Gasteiger partial charge in [-0.25, -0.2) is 0 Å². The lowest BCUT2D eigenvalue weighted by Gasteiger charge is -2.29. The number of amidine groups is 1. The Morgan fingerprint density at radius 1 is 1.56 bits per heavy atom. The van der Waals surface area contributed by atoms with Crippen LogP contribution in [-0.2, 0) is 15.6 Å². The molecule has 0 spiro atoms. The summed E-state index contributed by atoms with van der Waals surface area (Å²) < 4.78 is 11.1. The molecule has 7 heteroatoms. The molecule has 1 atom stereocenters. The van der Waals surface area contributed by atoms with E-state index in [2.05, 4.69) is 5.16 Å². The summed E-state index contributed by atoms with van der Waals surface area (Å²) >= 11 is 0. The third kappa shape index (κ3) is 2.94. The van der Waals surface area contributed by atoms with E-state index in [4.69, 9.17) is 10.9 Å². The summed E-state index contributed by atoms with van der Waals surface area (Å²) in [6, 6.07) is 0. The van der Waals surface area contributed by atoms with Crippen molar-refractivity contribution in [2.24, 2.45) is 16.8 Å². The summed E-state index contributed by atoms with van der Waals surface area (Å²) in [5, 5.41) is 11.4. The third-order valence-corrected chi connectivity index (χ3v) is 3.94. The Labute approximate surface area is 96.9 Å². The fraction of sp³-hybridized carbons (Fsp3) is 0.778. The molecule has 1 aliphatic rings. The van der Waals surface area contributed by atoms with Crippen molar-refractivity contribution in [3.63, 3.8) is 0 Å². The Kier molecular flexibility index (Phi) is 4.72. The second-order valence-electron chi connectivity index (χ2n) is 3.66. The van der Waals surface area contributed by atoms with Gasteiger partial charge < -0.3 is 15.8 Å². The summed E-state index contributed by atoms with van der Waals surface area (Å²) in [6.45, 7) is 2.78. The lowest BCUT2D eigenvalue weighted by Crippen LogP contribution is -2.47. The van der Waals surface area contributed by atoms with Gasteiger partial charge in [-0.3, -0.25) is 9.00 Å². The zero-order valence-electron chi connectivity index (χ0n) is 9.26. The standard InChI is InChI=1S/C9H17N3O3S/c1-2-7(8(10)11-14)9(13)12-3-5-16(15)6-4-12/h7,14H,2-6H2,1H3,(H2,10,11). The molecule has 0 aliphatic carbocycles. The number of hydrogen-bond donors (Lipinski definition) is 2. The van der Waals surface area contributed by atoms with Gasteiger partial charge in [0, 0.05) is 35.4 Å². The van der Waals surface area contributed by atoms with Crippen molar-refractivity contribution in [3.8, 4) is 0 Å². The van der Waals surface area contributed by atoms with E-state index < -0.39 is 16.7 Å². The van der Waals surface area contributed by atoms with Crippen LogP contribution in [0.1, 0.15) is 13.3 Å². The fourth-order valence-electron chi connectivity index (χ4n) is 1.66. The van der Waals surface area contributed by atoms with Crippen molar-refractivity contribution >= 4 is 22.5 Å². The molecule has 6 nitrogen and oxygen atoms in total. The first-order valence-corrected chi connectivity index (χ1v) is 6.70. The van der Waals surface area contributed by atoms with Crippen LogP contribution in [0.2, 0.25) is 0 Å². The molecule has 0 radical (unpaired) electrons. The van der Waals surface area contributed by atoms with Crippen LogP contribution < -0.4 is 5.73 Å². The number of nitrogens with two attached hydrogens (primary N) is 1. The van der Waals surface area contributed by atoms with Gasteiger partial charge in [-0.05, 0) is 6.42 Å². The Bertz CT molecular complexity index is 309. The zero-order chi connectivity index (χ0) is 12.1. The molecule has 1 heterocycles. The molecule has 0 aromatic carbocycles. The summed E-state index contributed by atoms with van der Waals surface area (Å²) in [5.74, 6) is 0.252. The summed E-state index contributed by atoms with van der Waals surface area (Å²) in [4.78, 5) is 13.6. The molecule has 0 saturated carbocycles. The van der Waals surface area contributed by atoms with E-state index in [1.54, 1.807) is 4.90 Å². The molecule has 16 heavy (non-hydrogen) atoms. The van der Waals surface area contributed by atoms with Gasteiger partial charge in [-0.2, -0.15) is 0 Å². The highest BCUT2D eigenvalue weighted by Crippen LogP contribution is 2.10. The largest absolute Gasteiger partial charge is 0.409 e. The smallest absolute Gasteiger partial charge is 0.233 e. The molecule has 1 saturated heterocycles. The second-order valence-corrected chi connectivity index (χ2v) is 5.36. The van der Waals surface area contributed by atoms with E-state index in [0.717, 1.165) is 0 Å². The molecule has 0 aromatic heterocycles. The van der Waals surface area contributed by atoms with Crippen molar-refractivity contribution in [1.82, 2.24) is 4.90 Å². The maximum atomic E-state index is 12.0. The molecule has 1 amide bonds. The van der Waals surface area contributed by atoms with Gasteiger partial charge in [0.25, 0.3) is 0 Å². The van der Waals surface area contributed by atoms with Gasteiger partial charge in [0.1, 0.15) is 0 Å². The number of carbonyl (C=O) groups excluding carboxylic acids is 1. The van der Waals surface area contributed by atoms with Gasteiger partial charge in [0.05, 0.1) is 5.92 Å². The van der Waals surface area contributed by atoms with Gasteiger partial charge in [-0.1, -0.05) is 12.1 Å². The van der Waals surface area contributed by atoms with Gasteiger partial charge in [0.15, 0.2) is 5.84 Å². The molecule has 1 unspecified atom stereocenters.